The van der Waals surface area contributed by atoms with Gasteiger partial charge < -0.3 is 10.1 Å². The first-order valence-corrected chi connectivity index (χ1v) is 4.60. The van der Waals surface area contributed by atoms with E-state index < -0.39 is 12.1 Å². The minimum atomic E-state index is -0.589. The largest absolute Gasteiger partial charge is 0.453 e. The third-order valence-corrected chi connectivity index (χ3v) is 1.90. The molecule has 0 aromatic rings. The van der Waals surface area contributed by atoms with Gasteiger partial charge in [0.2, 0.25) is 0 Å². The predicted octanol–water partition coefficient (Wildman–Crippen LogP) is 1.01. The Morgan fingerprint density at radius 3 is 2.38 bits per heavy atom. The number of ketones is 1. The lowest BCUT2D eigenvalue weighted by molar-refractivity contribution is -0.120. The Morgan fingerprint density at radius 2 is 2.08 bits per heavy atom. The molecule has 0 aromatic carbocycles. The predicted molar refractivity (Wildman–Crippen MR) is 53.1 cm³/mol. The highest BCUT2D eigenvalue weighted by molar-refractivity contribution is 7.81. The summed E-state index contributed by atoms with van der Waals surface area (Å²) < 4.78 is 4.39. The maximum atomic E-state index is 11.4. The van der Waals surface area contributed by atoms with Crippen LogP contribution >= 0.6 is 12.6 Å². The number of carbonyl (C=O) groups is 2. The van der Waals surface area contributed by atoms with Crippen LogP contribution in [0.15, 0.2) is 0 Å². The molecule has 76 valence electrons. The van der Waals surface area contributed by atoms with Gasteiger partial charge in [0, 0.05) is 0 Å². The van der Waals surface area contributed by atoms with Crippen molar-refractivity contribution in [1.29, 1.82) is 0 Å². The average Bonchev–Trinajstić information content (AvgIpc) is 2.12. The third-order valence-electron chi connectivity index (χ3n) is 1.64. The van der Waals surface area contributed by atoms with Gasteiger partial charge in [-0.1, -0.05) is 6.92 Å². The fourth-order valence-corrected chi connectivity index (χ4v) is 1.05. The molecule has 5 heteroatoms. The molecule has 13 heavy (non-hydrogen) atoms. The highest BCUT2D eigenvalue weighted by Gasteiger charge is 2.21. The van der Waals surface area contributed by atoms with Crippen molar-refractivity contribution in [3.05, 3.63) is 0 Å². The molecule has 0 aliphatic heterocycles. The fourth-order valence-electron chi connectivity index (χ4n) is 0.867. The summed E-state index contributed by atoms with van der Waals surface area (Å²) in [4.78, 5) is 22.2. The van der Waals surface area contributed by atoms with E-state index in [9.17, 15) is 9.59 Å². The normalized spacial score (nSPS) is 14.5. The van der Waals surface area contributed by atoms with Crippen LogP contribution in [-0.4, -0.2) is 30.3 Å². The van der Waals surface area contributed by atoms with Crippen LogP contribution in [0.25, 0.3) is 0 Å². The van der Waals surface area contributed by atoms with Crippen molar-refractivity contribution in [2.24, 2.45) is 0 Å². The summed E-state index contributed by atoms with van der Waals surface area (Å²) in [6.07, 6.45) is -0.0482. The topological polar surface area (TPSA) is 55.4 Å². The van der Waals surface area contributed by atoms with Gasteiger partial charge in [-0.15, -0.1) is 0 Å². The first kappa shape index (κ1) is 12.3. The Labute approximate surface area is 83.4 Å². The molecule has 0 aliphatic carbocycles. The van der Waals surface area contributed by atoms with Crippen LogP contribution in [0, 0.1) is 0 Å². The van der Waals surface area contributed by atoms with E-state index in [-0.39, 0.29) is 11.0 Å². The monoisotopic (exact) mass is 205 g/mol. The van der Waals surface area contributed by atoms with Crippen LogP contribution in [0.1, 0.15) is 20.3 Å². The van der Waals surface area contributed by atoms with E-state index in [1.165, 1.54) is 7.11 Å². The zero-order chi connectivity index (χ0) is 10.4. The second-order valence-electron chi connectivity index (χ2n) is 2.68. The van der Waals surface area contributed by atoms with E-state index >= 15 is 0 Å². The number of hydrogen-bond acceptors (Lipinski definition) is 4. The molecule has 1 N–H and O–H groups in total. The maximum absolute atomic E-state index is 11.4. The smallest absolute Gasteiger partial charge is 0.407 e. The first-order valence-electron chi connectivity index (χ1n) is 4.09. The second kappa shape index (κ2) is 5.85. The Morgan fingerprint density at radius 1 is 1.54 bits per heavy atom. The molecule has 0 bridgehead atoms. The van der Waals surface area contributed by atoms with Crippen LogP contribution in [0.4, 0.5) is 4.79 Å². The maximum Gasteiger partial charge on any atom is 0.407 e. The Kier molecular flexibility index (Phi) is 5.53. The molecule has 0 fully saturated rings. The number of methoxy groups -OCH3 is 1. The minimum absolute atomic E-state index is 0.101. The van der Waals surface area contributed by atoms with Gasteiger partial charge in [0.25, 0.3) is 0 Å². The minimum Gasteiger partial charge on any atom is -0.453 e. The summed E-state index contributed by atoms with van der Waals surface area (Å²) >= 11 is 4.00. The molecule has 0 saturated carbocycles. The second-order valence-corrected chi connectivity index (χ2v) is 3.45. The van der Waals surface area contributed by atoms with Crippen LogP contribution in [0.3, 0.4) is 0 Å². The van der Waals surface area contributed by atoms with Crippen molar-refractivity contribution in [2.75, 3.05) is 7.11 Å². The lowest BCUT2D eigenvalue weighted by Gasteiger charge is -2.16. The quantitative estimate of drug-likeness (QED) is 0.673. The van der Waals surface area contributed by atoms with Gasteiger partial charge in [0.15, 0.2) is 5.78 Å². The van der Waals surface area contributed by atoms with Crippen molar-refractivity contribution in [1.82, 2.24) is 5.32 Å². The summed E-state index contributed by atoms with van der Waals surface area (Å²) in [5, 5.41) is 2.06. The van der Waals surface area contributed by atoms with Crippen molar-refractivity contribution in [3.63, 3.8) is 0 Å². The molecule has 0 rings (SSSR count). The molecule has 0 aliphatic rings. The van der Waals surface area contributed by atoms with Crippen molar-refractivity contribution in [3.8, 4) is 0 Å². The molecule has 4 nitrogen and oxygen atoms in total. The molecule has 0 aromatic heterocycles. The first-order chi connectivity index (χ1) is 6.02. The van der Waals surface area contributed by atoms with Crippen molar-refractivity contribution >= 4 is 24.5 Å². The summed E-state index contributed by atoms with van der Waals surface area (Å²) in [6.45, 7) is 3.49. The number of amides is 1. The molecule has 2 atom stereocenters. The number of Topliss-reactive ketones (excluding diaryl/α,β-unsaturated/α-hetero) is 1. The van der Waals surface area contributed by atoms with E-state index in [0.29, 0.717) is 6.42 Å². The lowest BCUT2D eigenvalue weighted by Crippen LogP contribution is -2.43. The highest BCUT2D eigenvalue weighted by atomic mass is 32.1. The van der Waals surface area contributed by atoms with Gasteiger partial charge in [0.1, 0.15) is 0 Å². The van der Waals surface area contributed by atoms with Gasteiger partial charge in [-0.3, -0.25) is 4.79 Å². The van der Waals surface area contributed by atoms with Crippen molar-refractivity contribution in [2.45, 2.75) is 31.6 Å². The molecular formula is C8H15NO3S. The Bertz CT molecular complexity index is 194. The Hall–Kier alpha value is -0.710. The summed E-state index contributed by atoms with van der Waals surface area (Å²) in [7, 11) is 1.26. The molecule has 0 saturated heterocycles. The number of rotatable bonds is 4. The van der Waals surface area contributed by atoms with E-state index in [2.05, 4.69) is 22.7 Å². The third kappa shape index (κ3) is 4.17. The zero-order valence-electron chi connectivity index (χ0n) is 8.03. The summed E-state index contributed by atoms with van der Waals surface area (Å²) in [5.74, 6) is -0.101. The SMILES string of the molecule is CC[C@H](NC(=O)OC)C(=O)C(C)S. The molecular weight excluding hydrogens is 190 g/mol. The van der Waals surface area contributed by atoms with E-state index in [1.54, 1.807) is 6.92 Å². The molecule has 1 amide bonds. The summed E-state index contributed by atoms with van der Waals surface area (Å²) in [6, 6.07) is -0.500. The van der Waals surface area contributed by atoms with Crippen molar-refractivity contribution < 1.29 is 14.3 Å². The van der Waals surface area contributed by atoms with Crippen LogP contribution in [0.2, 0.25) is 0 Å². The fraction of sp³-hybridized carbons (Fsp3) is 0.750. The Balaban J connectivity index is 4.18. The zero-order valence-corrected chi connectivity index (χ0v) is 8.93. The van der Waals surface area contributed by atoms with Gasteiger partial charge >= 0.3 is 6.09 Å². The van der Waals surface area contributed by atoms with Gasteiger partial charge in [0.05, 0.1) is 18.4 Å². The molecule has 0 spiro atoms. The lowest BCUT2D eigenvalue weighted by atomic mass is 10.1. The van der Waals surface area contributed by atoms with Crippen LogP contribution < -0.4 is 5.32 Å². The number of nitrogens with one attached hydrogen (secondary N) is 1. The van der Waals surface area contributed by atoms with Crippen LogP contribution in [-0.2, 0) is 9.53 Å². The van der Waals surface area contributed by atoms with Gasteiger partial charge in [-0.25, -0.2) is 4.79 Å². The van der Waals surface area contributed by atoms with E-state index in [4.69, 9.17) is 0 Å². The van der Waals surface area contributed by atoms with E-state index in [1.807, 2.05) is 6.92 Å². The number of hydrogen-bond donors (Lipinski definition) is 2. The average molecular weight is 205 g/mol. The standard InChI is InChI=1S/C8H15NO3S/c1-4-6(7(10)5(2)13)9-8(11)12-3/h5-6,13H,4H2,1-3H3,(H,9,11)/t5?,6-/m0/s1. The van der Waals surface area contributed by atoms with Gasteiger partial charge in [-0.05, 0) is 13.3 Å². The molecule has 0 heterocycles. The number of carbonyl (C=O) groups excluding carboxylic acids is 2. The van der Waals surface area contributed by atoms with Crippen LogP contribution in [0.5, 0.6) is 0 Å². The summed E-state index contributed by atoms with van der Waals surface area (Å²) in [5.41, 5.74) is 0. The number of thiol groups is 1. The number of ether oxygens (including phenoxy) is 1. The molecule has 0 radical (unpaired) electrons. The molecule has 1 unspecified atom stereocenters. The van der Waals surface area contributed by atoms with Gasteiger partial charge in [-0.2, -0.15) is 12.6 Å². The highest BCUT2D eigenvalue weighted by Crippen LogP contribution is 2.03. The number of alkyl carbamates (subject to hydrolysis) is 1. The van der Waals surface area contributed by atoms with E-state index in [0.717, 1.165) is 0 Å².